The summed E-state index contributed by atoms with van der Waals surface area (Å²) in [7, 11) is 1.68. The van der Waals surface area contributed by atoms with Crippen LogP contribution in [0.15, 0.2) is 10.8 Å². The number of rotatable bonds is 8. The number of halogens is 1. The number of alkyl halides is 1. The van der Waals surface area contributed by atoms with Crippen LogP contribution in [0.3, 0.4) is 0 Å². The molecule has 2 aliphatic rings. The molecule has 4 rings (SSSR count). The Morgan fingerprint density at radius 1 is 0.976 bits per heavy atom. The van der Waals surface area contributed by atoms with Crippen LogP contribution in [0, 0.1) is 0 Å². The predicted octanol–water partition coefficient (Wildman–Crippen LogP) is 3.98. The monoisotopic (exact) mass is 694 g/mol. The highest BCUT2D eigenvalue weighted by Crippen LogP contribution is 2.19. The lowest BCUT2D eigenvalue weighted by Gasteiger charge is -1.97. The number of nitrogens with two attached hydrogens (primary N) is 2. The Morgan fingerprint density at radius 3 is 1.76 bits per heavy atom. The molecule has 15 heteroatoms. The molecule has 0 aliphatic heterocycles. The summed E-state index contributed by atoms with van der Waals surface area (Å²) in [5.74, 6) is -0.547. The Bertz CT molecular complexity index is 1040. The van der Waals surface area contributed by atoms with E-state index in [2.05, 4.69) is 53.5 Å². The van der Waals surface area contributed by atoms with Crippen LogP contribution >= 0.6 is 50.8 Å². The minimum Gasteiger partial charge on any atom is -0.465 e. The van der Waals surface area contributed by atoms with Gasteiger partial charge >= 0.3 is 11.9 Å². The highest BCUT2D eigenvalue weighted by Gasteiger charge is 2.24. The molecule has 11 nitrogen and oxygen atoms in total. The lowest BCUT2D eigenvalue weighted by atomic mass is 10.4. The minimum atomic E-state index is -0.326. The number of amides is 1. The van der Waals surface area contributed by atoms with Crippen molar-refractivity contribution in [2.75, 3.05) is 25.6 Å². The number of nitrogens with zero attached hydrogens (tertiary/aromatic N) is 2. The van der Waals surface area contributed by atoms with E-state index in [-0.39, 0.29) is 17.8 Å². The first-order valence-corrected chi connectivity index (χ1v) is 16.6. The molecule has 232 valence electrons. The van der Waals surface area contributed by atoms with E-state index in [0.29, 0.717) is 47.1 Å². The maximum atomic E-state index is 11.5. The van der Waals surface area contributed by atoms with E-state index in [1.165, 1.54) is 24.2 Å². The summed E-state index contributed by atoms with van der Waals surface area (Å²) < 4.78 is 9.30. The van der Waals surface area contributed by atoms with Crippen LogP contribution in [-0.4, -0.2) is 70.6 Å². The number of nitrogens with one attached hydrogen (secondary N) is 2. The van der Waals surface area contributed by atoms with Crippen molar-refractivity contribution < 1.29 is 23.9 Å². The zero-order valence-electron chi connectivity index (χ0n) is 24.4. The number of thiocarbonyl (C=S) groups is 1. The van der Waals surface area contributed by atoms with Crippen LogP contribution in [0.4, 0.5) is 0 Å². The van der Waals surface area contributed by atoms with Gasteiger partial charge in [-0.15, -0.1) is 22.7 Å². The number of carbonyl (C=O) groups excluding carboxylic acids is 3. The minimum absolute atomic E-state index is 0.0153. The van der Waals surface area contributed by atoms with Crippen molar-refractivity contribution in [3.05, 3.63) is 32.2 Å². The van der Waals surface area contributed by atoms with E-state index in [9.17, 15) is 14.4 Å². The fraction of sp³-hybridized carbons (Fsp3) is 0.615. The third-order valence-electron chi connectivity index (χ3n) is 4.62. The largest absolute Gasteiger partial charge is 0.465 e. The Morgan fingerprint density at radius 2 is 1.44 bits per heavy atom. The molecule has 0 radical (unpaired) electrons. The van der Waals surface area contributed by atoms with Crippen LogP contribution in [-0.2, 0) is 27.1 Å². The molecule has 0 bridgehead atoms. The first kappa shape index (κ1) is 38.8. The van der Waals surface area contributed by atoms with Crippen LogP contribution in [0.5, 0.6) is 0 Å². The maximum Gasteiger partial charge on any atom is 0.357 e. The first-order chi connectivity index (χ1) is 19.5. The third-order valence-corrected chi connectivity index (χ3v) is 7.27. The fourth-order valence-electron chi connectivity index (χ4n) is 2.13. The Kier molecular flexibility index (Phi) is 22.1. The van der Waals surface area contributed by atoms with E-state index in [1.54, 1.807) is 37.6 Å². The van der Waals surface area contributed by atoms with Gasteiger partial charge < -0.3 is 31.6 Å². The molecular weight excluding hydrogens is 652 g/mol. The van der Waals surface area contributed by atoms with Crippen molar-refractivity contribution in [3.63, 3.8) is 0 Å². The van der Waals surface area contributed by atoms with Crippen molar-refractivity contribution in [1.82, 2.24) is 20.6 Å². The van der Waals surface area contributed by atoms with Gasteiger partial charge in [-0.2, -0.15) is 0 Å². The van der Waals surface area contributed by atoms with Gasteiger partial charge in [0.25, 0.3) is 5.91 Å². The molecule has 2 aliphatic carbocycles. The molecule has 0 atom stereocenters. The van der Waals surface area contributed by atoms with Gasteiger partial charge in [-0.05, 0) is 64.6 Å². The molecule has 2 saturated carbocycles. The zero-order chi connectivity index (χ0) is 31.2. The van der Waals surface area contributed by atoms with Gasteiger partial charge in [0.15, 0.2) is 10.8 Å². The molecule has 2 fully saturated rings. The zero-order valence-corrected chi connectivity index (χ0v) is 28.4. The summed E-state index contributed by atoms with van der Waals surface area (Å²) in [6.45, 7) is 8.48. The number of carbonyl (C=O) groups is 3. The Hall–Kier alpha value is -2.20. The van der Waals surface area contributed by atoms with Crippen LogP contribution in [0.25, 0.3) is 0 Å². The number of esters is 2. The smallest absolute Gasteiger partial charge is 0.357 e. The lowest BCUT2D eigenvalue weighted by Crippen LogP contribution is -2.25. The SMILES string of the molecule is CCOC(=O)CBr.CCOC(=O)c1csc(CC)n1.CCc1nc(C(=O)NC2CC2)cs1.CNC(N)=S.NC1CC1. The molecule has 2 heterocycles. The molecule has 41 heavy (non-hydrogen) atoms. The second-order valence-corrected chi connectivity index (χ2v) is 11.2. The highest BCUT2D eigenvalue weighted by molar-refractivity contribution is 9.09. The van der Waals surface area contributed by atoms with Gasteiger partial charge in [0, 0.05) is 29.9 Å². The molecule has 0 unspecified atom stereocenters. The Labute approximate surface area is 264 Å². The van der Waals surface area contributed by atoms with Gasteiger partial charge in [-0.3, -0.25) is 9.59 Å². The van der Waals surface area contributed by atoms with E-state index in [0.717, 1.165) is 35.7 Å². The fourth-order valence-corrected chi connectivity index (χ4v) is 3.73. The van der Waals surface area contributed by atoms with Crippen molar-refractivity contribution in [2.45, 2.75) is 78.3 Å². The van der Waals surface area contributed by atoms with Gasteiger partial charge in [0.2, 0.25) is 0 Å². The molecular formula is C26H43BrN6O5S3. The number of hydrogen-bond donors (Lipinski definition) is 4. The summed E-state index contributed by atoms with van der Waals surface area (Å²) in [5, 5.41) is 11.6. The summed E-state index contributed by atoms with van der Waals surface area (Å²) >= 11 is 10.3. The Balaban J connectivity index is 0.000000524. The van der Waals surface area contributed by atoms with E-state index in [4.69, 9.17) is 16.2 Å². The summed E-state index contributed by atoms with van der Waals surface area (Å²) in [6.07, 6.45) is 6.54. The lowest BCUT2D eigenvalue weighted by molar-refractivity contribution is -0.139. The summed E-state index contributed by atoms with van der Waals surface area (Å²) in [5.41, 5.74) is 11.1. The average Bonchev–Trinajstić information content (AvgIpc) is 3.84. The number of ether oxygens (including phenoxy) is 2. The first-order valence-electron chi connectivity index (χ1n) is 13.4. The molecule has 1 amide bonds. The predicted molar refractivity (Wildman–Crippen MR) is 173 cm³/mol. The quantitative estimate of drug-likeness (QED) is 0.179. The second kappa shape index (κ2) is 23.4. The molecule has 0 spiro atoms. The third kappa shape index (κ3) is 21.2. The number of aromatic nitrogens is 2. The van der Waals surface area contributed by atoms with Crippen molar-refractivity contribution in [2.24, 2.45) is 11.5 Å². The van der Waals surface area contributed by atoms with E-state index >= 15 is 0 Å². The highest BCUT2D eigenvalue weighted by atomic mass is 79.9. The molecule has 6 N–H and O–H groups in total. The van der Waals surface area contributed by atoms with Gasteiger partial charge in [-0.1, -0.05) is 29.8 Å². The van der Waals surface area contributed by atoms with Crippen LogP contribution in [0.1, 0.15) is 84.4 Å². The normalized spacial score (nSPS) is 12.7. The number of aryl methyl sites for hydroxylation is 2. The standard InChI is InChI=1S/C9H12N2OS.C8H11NO2S.C4H7BrO2.C3H7N.C2H6N2S/c1-2-8-11-7(5-13-8)9(12)10-6-3-4-6;1-3-7-9-6(5-12-7)8(10)11-4-2;1-2-7-4(6)3-5;4-3-1-2-3;1-4-2(3)5/h5-6H,2-4H2,1H3,(H,10,12);5H,3-4H2,1-2H3;2-3H2,1H3;3H,1-2,4H2;1H3,(H3,3,4,5). The topological polar surface area (TPSA) is 172 Å². The van der Waals surface area contributed by atoms with Crippen LogP contribution in [0.2, 0.25) is 0 Å². The summed E-state index contributed by atoms with van der Waals surface area (Å²) in [4.78, 5) is 41.0. The molecule has 2 aromatic heterocycles. The number of hydrogen-bond acceptors (Lipinski definition) is 11. The summed E-state index contributed by atoms with van der Waals surface area (Å²) in [6, 6.07) is 0.999. The van der Waals surface area contributed by atoms with Gasteiger partial charge in [-0.25, -0.2) is 14.8 Å². The van der Waals surface area contributed by atoms with Crippen molar-refractivity contribution in [3.8, 4) is 0 Å². The van der Waals surface area contributed by atoms with Gasteiger partial charge in [0.1, 0.15) is 11.0 Å². The van der Waals surface area contributed by atoms with Crippen LogP contribution < -0.4 is 22.1 Å². The average molecular weight is 696 g/mol. The van der Waals surface area contributed by atoms with Gasteiger partial charge in [0.05, 0.1) is 23.2 Å². The van der Waals surface area contributed by atoms with E-state index in [1.807, 2.05) is 19.2 Å². The van der Waals surface area contributed by atoms with Crippen molar-refractivity contribution >= 4 is 73.8 Å². The molecule has 0 aromatic carbocycles. The van der Waals surface area contributed by atoms with Crippen molar-refractivity contribution in [1.29, 1.82) is 0 Å². The number of thiazole rings is 2. The molecule has 2 aromatic rings. The van der Waals surface area contributed by atoms with E-state index < -0.39 is 0 Å². The maximum absolute atomic E-state index is 11.5. The molecule has 0 saturated heterocycles. The second-order valence-electron chi connectivity index (χ2n) is 8.32.